The van der Waals surface area contributed by atoms with Gasteiger partial charge in [-0.05, 0) is 71.9 Å². The molecule has 3 aromatic rings. The SMILES string of the molecule is O=C1S/C(=C\c2ccc(OCc3ccc(Cl)cc3Cl)c(Cl)c2)C(=O)N1CCOc1ccc(F)cc1. The molecule has 2 amide bonds. The molecule has 0 aliphatic carbocycles. The number of nitrogens with zero attached hydrogens (tertiary/aromatic N) is 1. The number of benzene rings is 3. The van der Waals surface area contributed by atoms with Crippen LogP contribution in [0, 0.1) is 5.82 Å². The van der Waals surface area contributed by atoms with E-state index in [1.165, 1.54) is 24.3 Å². The van der Waals surface area contributed by atoms with Crippen molar-refractivity contribution in [2.24, 2.45) is 0 Å². The Morgan fingerprint density at radius 1 is 0.914 bits per heavy atom. The first-order valence-corrected chi connectivity index (χ1v) is 12.3. The van der Waals surface area contributed by atoms with Crippen molar-refractivity contribution in [3.05, 3.63) is 97.6 Å². The quantitative estimate of drug-likeness (QED) is 0.271. The summed E-state index contributed by atoms with van der Waals surface area (Å²) in [5.74, 6) is 0.0979. The van der Waals surface area contributed by atoms with Gasteiger partial charge >= 0.3 is 0 Å². The van der Waals surface area contributed by atoms with Gasteiger partial charge in [-0.25, -0.2) is 4.39 Å². The number of imide groups is 1. The zero-order valence-corrected chi connectivity index (χ0v) is 21.1. The second-order valence-corrected chi connectivity index (χ2v) is 9.59. The monoisotopic (exact) mass is 551 g/mol. The summed E-state index contributed by atoms with van der Waals surface area (Å²) in [5.41, 5.74) is 1.40. The molecule has 180 valence electrons. The molecule has 1 saturated heterocycles. The highest BCUT2D eigenvalue weighted by Crippen LogP contribution is 2.34. The van der Waals surface area contributed by atoms with Gasteiger partial charge in [-0.15, -0.1) is 0 Å². The van der Waals surface area contributed by atoms with Gasteiger partial charge in [0.2, 0.25) is 0 Å². The van der Waals surface area contributed by atoms with E-state index in [1.54, 1.807) is 42.5 Å². The summed E-state index contributed by atoms with van der Waals surface area (Å²) >= 11 is 19.3. The molecule has 5 nitrogen and oxygen atoms in total. The second-order valence-electron chi connectivity index (χ2n) is 7.35. The van der Waals surface area contributed by atoms with Gasteiger partial charge in [0.1, 0.15) is 30.5 Å². The minimum atomic E-state index is -0.420. The van der Waals surface area contributed by atoms with E-state index in [2.05, 4.69) is 0 Å². The van der Waals surface area contributed by atoms with Crippen molar-refractivity contribution in [1.29, 1.82) is 0 Å². The lowest BCUT2D eigenvalue weighted by atomic mass is 10.2. The summed E-state index contributed by atoms with van der Waals surface area (Å²) in [7, 11) is 0. The van der Waals surface area contributed by atoms with Crippen LogP contribution < -0.4 is 9.47 Å². The number of hydrogen-bond donors (Lipinski definition) is 0. The molecule has 10 heteroatoms. The van der Waals surface area contributed by atoms with E-state index < -0.39 is 11.1 Å². The highest BCUT2D eigenvalue weighted by molar-refractivity contribution is 8.18. The maximum absolute atomic E-state index is 13.0. The summed E-state index contributed by atoms with van der Waals surface area (Å²) in [6, 6.07) is 15.7. The van der Waals surface area contributed by atoms with Crippen LogP contribution in [0.4, 0.5) is 9.18 Å². The Kier molecular flexibility index (Phi) is 8.23. The molecular weight excluding hydrogens is 536 g/mol. The van der Waals surface area contributed by atoms with Crippen molar-refractivity contribution < 1.29 is 23.5 Å². The van der Waals surface area contributed by atoms with Gasteiger partial charge < -0.3 is 9.47 Å². The van der Waals surface area contributed by atoms with Gasteiger partial charge in [0.25, 0.3) is 11.1 Å². The van der Waals surface area contributed by atoms with Gasteiger partial charge in [-0.3, -0.25) is 14.5 Å². The molecule has 4 rings (SSSR count). The fourth-order valence-corrected chi connectivity index (χ4v) is 4.72. The lowest BCUT2D eigenvalue weighted by molar-refractivity contribution is -0.123. The van der Waals surface area contributed by atoms with Crippen LogP contribution in [0.2, 0.25) is 15.1 Å². The van der Waals surface area contributed by atoms with Crippen molar-refractivity contribution in [1.82, 2.24) is 4.90 Å². The predicted octanol–water partition coefficient (Wildman–Crippen LogP) is 7.48. The third-order valence-electron chi connectivity index (χ3n) is 4.92. The smallest absolute Gasteiger partial charge is 0.293 e. The maximum Gasteiger partial charge on any atom is 0.293 e. The number of amides is 2. The Morgan fingerprint density at radius 2 is 1.69 bits per heavy atom. The van der Waals surface area contributed by atoms with E-state index in [0.717, 1.165) is 22.2 Å². The number of ether oxygens (including phenoxy) is 2. The Balaban J connectivity index is 1.36. The standard InChI is InChI=1S/C25H17Cl3FNO4S/c26-17-3-2-16(20(27)13-17)14-34-22-8-1-15(11-21(22)28)12-23-24(31)30(25(32)35-23)9-10-33-19-6-4-18(29)5-7-19/h1-8,11-13H,9-10,14H2/b23-12-. The first kappa shape index (κ1) is 25.4. The zero-order valence-electron chi connectivity index (χ0n) is 18.0. The van der Waals surface area contributed by atoms with E-state index in [4.69, 9.17) is 44.3 Å². The van der Waals surface area contributed by atoms with Crippen LogP contribution in [0.15, 0.2) is 65.6 Å². The third-order valence-corrected chi connectivity index (χ3v) is 6.71. The van der Waals surface area contributed by atoms with Crippen molar-refractivity contribution in [3.63, 3.8) is 0 Å². The van der Waals surface area contributed by atoms with E-state index in [-0.39, 0.29) is 30.5 Å². The van der Waals surface area contributed by atoms with Crippen molar-refractivity contribution in [2.45, 2.75) is 6.61 Å². The summed E-state index contributed by atoms with van der Waals surface area (Å²) in [4.78, 5) is 26.4. The summed E-state index contributed by atoms with van der Waals surface area (Å²) in [6.45, 7) is 0.362. The van der Waals surface area contributed by atoms with Crippen molar-refractivity contribution in [3.8, 4) is 11.5 Å². The van der Waals surface area contributed by atoms with Crippen LogP contribution in [-0.2, 0) is 11.4 Å². The topological polar surface area (TPSA) is 55.8 Å². The van der Waals surface area contributed by atoms with E-state index in [1.807, 2.05) is 0 Å². The number of rotatable bonds is 8. The number of carbonyl (C=O) groups excluding carboxylic acids is 2. The largest absolute Gasteiger partial charge is 0.492 e. The normalized spacial score (nSPS) is 14.6. The molecular formula is C25H17Cl3FNO4S. The Bertz CT molecular complexity index is 1300. The minimum Gasteiger partial charge on any atom is -0.492 e. The first-order chi connectivity index (χ1) is 16.8. The molecule has 0 bridgehead atoms. The zero-order chi connectivity index (χ0) is 24.9. The molecule has 0 spiro atoms. The highest BCUT2D eigenvalue weighted by atomic mass is 35.5. The lowest BCUT2D eigenvalue weighted by Crippen LogP contribution is -2.32. The molecule has 0 N–H and O–H groups in total. The van der Waals surface area contributed by atoms with Crippen LogP contribution in [0.3, 0.4) is 0 Å². The molecule has 0 saturated carbocycles. The number of thioether (sulfide) groups is 1. The predicted molar refractivity (Wildman–Crippen MR) is 137 cm³/mol. The summed E-state index contributed by atoms with van der Waals surface area (Å²) in [5, 5.41) is 0.973. The van der Waals surface area contributed by atoms with Crippen LogP contribution in [-0.4, -0.2) is 29.2 Å². The average Bonchev–Trinajstić information content (AvgIpc) is 3.08. The van der Waals surface area contributed by atoms with Crippen molar-refractivity contribution >= 4 is 63.8 Å². The van der Waals surface area contributed by atoms with Gasteiger partial charge in [0.05, 0.1) is 16.5 Å². The Morgan fingerprint density at radius 3 is 2.40 bits per heavy atom. The Labute approximate surface area is 220 Å². The van der Waals surface area contributed by atoms with Crippen LogP contribution in [0.5, 0.6) is 11.5 Å². The van der Waals surface area contributed by atoms with E-state index in [0.29, 0.717) is 32.1 Å². The van der Waals surface area contributed by atoms with Gasteiger partial charge in [0.15, 0.2) is 0 Å². The summed E-state index contributed by atoms with van der Waals surface area (Å²) < 4.78 is 24.2. The maximum atomic E-state index is 13.0. The number of carbonyl (C=O) groups is 2. The van der Waals surface area contributed by atoms with Gasteiger partial charge in [-0.1, -0.05) is 46.9 Å². The molecule has 0 radical (unpaired) electrons. The molecule has 0 aromatic heterocycles. The molecule has 1 heterocycles. The molecule has 1 fully saturated rings. The fourth-order valence-electron chi connectivity index (χ4n) is 3.15. The fraction of sp³-hybridized carbons (Fsp3) is 0.120. The van der Waals surface area contributed by atoms with Crippen LogP contribution in [0.25, 0.3) is 6.08 Å². The third kappa shape index (κ3) is 6.49. The molecule has 1 aliphatic heterocycles. The molecule has 1 aliphatic rings. The minimum absolute atomic E-state index is 0.0696. The molecule has 35 heavy (non-hydrogen) atoms. The molecule has 0 atom stereocenters. The van der Waals surface area contributed by atoms with E-state index >= 15 is 0 Å². The first-order valence-electron chi connectivity index (χ1n) is 10.3. The molecule has 3 aromatic carbocycles. The highest BCUT2D eigenvalue weighted by Gasteiger charge is 2.34. The average molecular weight is 553 g/mol. The van der Waals surface area contributed by atoms with Gasteiger partial charge in [0, 0.05) is 15.6 Å². The van der Waals surface area contributed by atoms with Crippen LogP contribution in [0.1, 0.15) is 11.1 Å². The Hall–Kier alpha value is -2.71. The van der Waals surface area contributed by atoms with Crippen molar-refractivity contribution in [2.75, 3.05) is 13.2 Å². The number of halogens is 4. The van der Waals surface area contributed by atoms with Crippen LogP contribution >= 0.6 is 46.6 Å². The second kappa shape index (κ2) is 11.4. The van der Waals surface area contributed by atoms with Gasteiger partial charge in [-0.2, -0.15) is 0 Å². The molecule has 0 unspecified atom stereocenters. The lowest BCUT2D eigenvalue weighted by Gasteiger charge is -2.13. The number of hydrogen-bond acceptors (Lipinski definition) is 5. The summed E-state index contributed by atoms with van der Waals surface area (Å²) in [6.07, 6.45) is 1.59. The van der Waals surface area contributed by atoms with E-state index in [9.17, 15) is 14.0 Å².